The van der Waals surface area contributed by atoms with Crippen LogP contribution in [0.4, 0.5) is 0 Å². The monoisotopic (exact) mass is 482 g/mol. The predicted molar refractivity (Wildman–Crippen MR) is 141 cm³/mol. The van der Waals surface area contributed by atoms with E-state index in [9.17, 15) is 9.59 Å². The second-order valence-electron chi connectivity index (χ2n) is 9.57. The van der Waals surface area contributed by atoms with Gasteiger partial charge in [-0.25, -0.2) is 9.59 Å². The Labute approximate surface area is 210 Å². The summed E-state index contributed by atoms with van der Waals surface area (Å²) in [4.78, 5) is 21.6. The minimum absolute atomic E-state index is 0.320. The molecule has 0 bridgehead atoms. The van der Waals surface area contributed by atoms with Crippen molar-refractivity contribution < 1.29 is 24.2 Å². The largest absolute Gasteiger partial charge is 0.478 e. The van der Waals surface area contributed by atoms with Crippen LogP contribution in [0.5, 0.6) is 0 Å². The SMILES string of the molecule is CCCCCCCCCCCCCCCC(CCCC)OCCCCCOC(=O)/C=C\C(=O)O. The number of esters is 1. The van der Waals surface area contributed by atoms with Crippen molar-refractivity contribution in [1.82, 2.24) is 0 Å². The third-order valence-electron chi connectivity index (χ3n) is 6.26. The Morgan fingerprint density at radius 3 is 1.65 bits per heavy atom. The first kappa shape index (κ1) is 32.6. The summed E-state index contributed by atoms with van der Waals surface area (Å²) in [5, 5.41) is 8.48. The average Bonchev–Trinajstić information content (AvgIpc) is 2.82. The summed E-state index contributed by atoms with van der Waals surface area (Å²) in [7, 11) is 0. The van der Waals surface area contributed by atoms with Crippen LogP contribution in [0, 0.1) is 0 Å². The number of hydrogen-bond acceptors (Lipinski definition) is 4. The molecule has 200 valence electrons. The van der Waals surface area contributed by atoms with Crippen LogP contribution in [0.2, 0.25) is 0 Å². The fraction of sp³-hybridized carbons (Fsp3) is 0.862. The van der Waals surface area contributed by atoms with Crippen LogP contribution in [-0.4, -0.2) is 36.4 Å². The van der Waals surface area contributed by atoms with Crippen LogP contribution in [0.25, 0.3) is 0 Å². The van der Waals surface area contributed by atoms with Gasteiger partial charge in [0.1, 0.15) is 0 Å². The van der Waals surface area contributed by atoms with E-state index in [4.69, 9.17) is 14.6 Å². The Morgan fingerprint density at radius 2 is 1.09 bits per heavy atom. The molecule has 5 nitrogen and oxygen atoms in total. The van der Waals surface area contributed by atoms with Gasteiger partial charge in [0.15, 0.2) is 0 Å². The van der Waals surface area contributed by atoms with Gasteiger partial charge in [-0.3, -0.25) is 0 Å². The quantitative estimate of drug-likeness (QED) is 0.0761. The standard InChI is InChI=1S/C29H54O5/c1-3-5-7-8-9-10-11-12-13-14-15-16-18-22-27(21-6-4-2)33-25-19-17-20-26-34-29(32)24-23-28(30)31/h23-24,27H,3-22,25-26H2,1-2H3,(H,30,31)/b24-23-. The van der Waals surface area contributed by atoms with E-state index < -0.39 is 11.9 Å². The van der Waals surface area contributed by atoms with Crippen molar-refractivity contribution in [3.63, 3.8) is 0 Å². The van der Waals surface area contributed by atoms with Crippen molar-refractivity contribution in [3.8, 4) is 0 Å². The van der Waals surface area contributed by atoms with Gasteiger partial charge in [-0.2, -0.15) is 0 Å². The van der Waals surface area contributed by atoms with Gasteiger partial charge in [-0.1, -0.05) is 110 Å². The zero-order valence-electron chi connectivity index (χ0n) is 22.4. The Balaban J connectivity index is 3.63. The van der Waals surface area contributed by atoms with E-state index in [2.05, 4.69) is 13.8 Å². The molecule has 0 heterocycles. The molecule has 0 aliphatic carbocycles. The maximum atomic E-state index is 11.3. The highest BCUT2D eigenvalue weighted by Gasteiger charge is 2.08. The molecule has 34 heavy (non-hydrogen) atoms. The van der Waals surface area contributed by atoms with E-state index in [0.29, 0.717) is 12.7 Å². The van der Waals surface area contributed by atoms with Gasteiger partial charge < -0.3 is 14.6 Å². The molecular weight excluding hydrogens is 428 g/mol. The van der Waals surface area contributed by atoms with Gasteiger partial charge in [-0.05, 0) is 32.1 Å². The lowest BCUT2D eigenvalue weighted by Crippen LogP contribution is -2.14. The molecule has 1 N–H and O–H groups in total. The molecule has 0 rings (SSSR count). The summed E-state index contributed by atoms with van der Waals surface area (Å²) in [6, 6.07) is 0. The fourth-order valence-electron chi connectivity index (χ4n) is 4.12. The number of aliphatic carboxylic acids is 1. The highest BCUT2D eigenvalue weighted by atomic mass is 16.5. The number of carboxylic acids is 1. The van der Waals surface area contributed by atoms with Crippen molar-refractivity contribution in [1.29, 1.82) is 0 Å². The molecule has 0 aliphatic heterocycles. The zero-order valence-corrected chi connectivity index (χ0v) is 22.4. The van der Waals surface area contributed by atoms with Crippen molar-refractivity contribution in [3.05, 3.63) is 12.2 Å². The van der Waals surface area contributed by atoms with Gasteiger partial charge in [-0.15, -0.1) is 0 Å². The Bertz CT molecular complexity index is 489. The van der Waals surface area contributed by atoms with Crippen molar-refractivity contribution >= 4 is 11.9 Å². The summed E-state index contributed by atoms with van der Waals surface area (Å²) in [5.74, 6) is -1.75. The number of hydrogen-bond donors (Lipinski definition) is 1. The number of carboxylic acid groups (broad SMARTS) is 1. The number of carbonyl (C=O) groups is 2. The van der Waals surface area contributed by atoms with Crippen LogP contribution in [0.1, 0.15) is 142 Å². The van der Waals surface area contributed by atoms with Gasteiger partial charge >= 0.3 is 11.9 Å². The van der Waals surface area contributed by atoms with Crippen molar-refractivity contribution in [2.75, 3.05) is 13.2 Å². The molecule has 0 aliphatic rings. The van der Waals surface area contributed by atoms with E-state index >= 15 is 0 Å². The minimum Gasteiger partial charge on any atom is -0.478 e. The molecule has 0 amide bonds. The minimum atomic E-state index is -1.15. The molecule has 0 saturated heterocycles. The van der Waals surface area contributed by atoms with Crippen molar-refractivity contribution in [2.24, 2.45) is 0 Å². The summed E-state index contributed by atoms with van der Waals surface area (Å²) >= 11 is 0. The van der Waals surface area contributed by atoms with Crippen LogP contribution in [0.3, 0.4) is 0 Å². The van der Waals surface area contributed by atoms with E-state index in [1.54, 1.807) is 0 Å². The summed E-state index contributed by atoms with van der Waals surface area (Å²) < 4.78 is 11.1. The molecule has 0 saturated carbocycles. The Hall–Kier alpha value is -1.36. The van der Waals surface area contributed by atoms with Crippen LogP contribution >= 0.6 is 0 Å². The van der Waals surface area contributed by atoms with E-state index in [-0.39, 0.29) is 0 Å². The third kappa shape index (κ3) is 25.3. The zero-order chi connectivity index (χ0) is 25.1. The second kappa shape index (κ2) is 26.2. The fourth-order valence-corrected chi connectivity index (χ4v) is 4.12. The average molecular weight is 483 g/mol. The summed E-state index contributed by atoms with van der Waals surface area (Å²) in [6.07, 6.45) is 27.6. The summed E-state index contributed by atoms with van der Waals surface area (Å²) in [6.45, 7) is 5.59. The van der Waals surface area contributed by atoms with Crippen LogP contribution < -0.4 is 0 Å². The molecular formula is C29H54O5. The highest BCUT2D eigenvalue weighted by Crippen LogP contribution is 2.17. The first-order valence-corrected chi connectivity index (χ1v) is 14.3. The molecule has 0 spiro atoms. The first-order valence-electron chi connectivity index (χ1n) is 14.3. The molecule has 1 unspecified atom stereocenters. The van der Waals surface area contributed by atoms with Gasteiger partial charge in [0.2, 0.25) is 0 Å². The van der Waals surface area contributed by atoms with E-state index in [0.717, 1.165) is 44.4 Å². The lowest BCUT2D eigenvalue weighted by Gasteiger charge is -2.18. The Morgan fingerprint density at radius 1 is 0.618 bits per heavy atom. The molecule has 5 heteroatoms. The first-order chi connectivity index (χ1) is 16.6. The van der Waals surface area contributed by atoms with Gasteiger partial charge in [0.05, 0.1) is 12.7 Å². The molecule has 0 aromatic rings. The van der Waals surface area contributed by atoms with Crippen LogP contribution in [-0.2, 0) is 19.1 Å². The van der Waals surface area contributed by atoms with Crippen molar-refractivity contribution in [2.45, 2.75) is 148 Å². The maximum Gasteiger partial charge on any atom is 0.331 e. The molecule has 1 atom stereocenters. The predicted octanol–water partition coefficient (Wildman–Crippen LogP) is 8.40. The number of carbonyl (C=O) groups excluding carboxylic acids is 1. The van der Waals surface area contributed by atoms with Gasteiger partial charge in [0.25, 0.3) is 0 Å². The molecule has 0 aromatic carbocycles. The van der Waals surface area contributed by atoms with E-state index in [1.807, 2.05) is 0 Å². The molecule has 0 aromatic heterocycles. The number of unbranched alkanes of at least 4 members (excludes halogenated alkanes) is 15. The lowest BCUT2D eigenvalue weighted by atomic mass is 10.0. The highest BCUT2D eigenvalue weighted by molar-refractivity contribution is 5.90. The van der Waals surface area contributed by atoms with E-state index in [1.165, 1.54) is 103 Å². The third-order valence-corrected chi connectivity index (χ3v) is 6.26. The second-order valence-corrected chi connectivity index (χ2v) is 9.57. The van der Waals surface area contributed by atoms with Crippen LogP contribution in [0.15, 0.2) is 12.2 Å². The smallest absolute Gasteiger partial charge is 0.331 e. The number of ether oxygens (including phenoxy) is 2. The lowest BCUT2D eigenvalue weighted by molar-refractivity contribution is -0.138. The Kier molecular flexibility index (Phi) is 25.2. The summed E-state index contributed by atoms with van der Waals surface area (Å²) in [5.41, 5.74) is 0. The molecule has 0 fully saturated rings. The molecule has 0 radical (unpaired) electrons. The van der Waals surface area contributed by atoms with Gasteiger partial charge in [0, 0.05) is 18.8 Å². The maximum absolute atomic E-state index is 11.3. The number of rotatable bonds is 26. The topological polar surface area (TPSA) is 72.8 Å². The normalized spacial score (nSPS) is 12.3.